The normalized spacial score (nSPS) is 12.0. The van der Waals surface area contributed by atoms with Crippen LogP contribution in [0.2, 0.25) is 0 Å². The van der Waals surface area contributed by atoms with Gasteiger partial charge in [-0.15, -0.1) is 0 Å². The SMILES string of the molecule is Cc1occc1C(=O)NNC(=O)c1ccc2c(c1)OCO2. The smallest absolute Gasteiger partial charge is 0.273 e. The van der Waals surface area contributed by atoms with Gasteiger partial charge in [0, 0.05) is 5.56 Å². The zero-order valence-electron chi connectivity index (χ0n) is 11.1. The lowest BCUT2D eigenvalue weighted by molar-refractivity contribution is 0.0845. The Morgan fingerprint density at radius 2 is 1.81 bits per heavy atom. The number of nitrogens with one attached hydrogen (secondary N) is 2. The molecule has 2 amide bonds. The van der Waals surface area contributed by atoms with Crippen LogP contribution in [0.4, 0.5) is 0 Å². The fourth-order valence-corrected chi connectivity index (χ4v) is 1.91. The first-order chi connectivity index (χ1) is 10.1. The van der Waals surface area contributed by atoms with Crippen LogP contribution in [0.1, 0.15) is 26.5 Å². The lowest BCUT2D eigenvalue weighted by atomic mass is 10.2. The van der Waals surface area contributed by atoms with E-state index in [2.05, 4.69) is 10.9 Å². The predicted molar refractivity (Wildman–Crippen MR) is 70.9 cm³/mol. The van der Waals surface area contributed by atoms with E-state index in [0.29, 0.717) is 28.4 Å². The number of carbonyl (C=O) groups is 2. The number of amides is 2. The summed E-state index contributed by atoms with van der Waals surface area (Å²) < 4.78 is 15.4. The lowest BCUT2D eigenvalue weighted by Gasteiger charge is -2.07. The van der Waals surface area contributed by atoms with Crippen LogP contribution < -0.4 is 20.3 Å². The van der Waals surface area contributed by atoms with E-state index in [9.17, 15) is 9.59 Å². The quantitative estimate of drug-likeness (QED) is 0.815. The highest BCUT2D eigenvalue weighted by Gasteiger charge is 2.17. The highest BCUT2D eigenvalue weighted by molar-refractivity contribution is 5.99. The number of hydrogen-bond donors (Lipinski definition) is 2. The molecule has 0 atom stereocenters. The van der Waals surface area contributed by atoms with Gasteiger partial charge in [0.15, 0.2) is 11.5 Å². The van der Waals surface area contributed by atoms with Crippen LogP contribution in [0.15, 0.2) is 34.9 Å². The van der Waals surface area contributed by atoms with Gasteiger partial charge in [0.1, 0.15) is 5.76 Å². The number of ether oxygens (including phenoxy) is 2. The van der Waals surface area contributed by atoms with Gasteiger partial charge >= 0.3 is 0 Å². The first-order valence-corrected chi connectivity index (χ1v) is 6.19. The molecule has 2 heterocycles. The van der Waals surface area contributed by atoms with Crippen molar-refractivity contribution in [3.05, 3.63) is 47.4 Å². The van der Waals surface area contributed by atoms with E-state index in [1.54, 1.807) is 25.1 Å². The van der Waals surface area contributed by atoms with Gasteiger partial charge in [-0.05, 0) is 31.2 Å². The molecule has 2 aromatic rings. The van der Waals surface area contributed by atoms with Crippen molar-refractivity contribution < 1.29 is 23.5 Å². The maximum atomic E-state index is 12.0. The predicted octanol–water partition coefficient (Wildman–Crippen LogP) is 1.39. The minimum atomic E-state index is -0.456. The molecule has 0 saturated heterocycles. The Morgan fingerprint density at radius 1 is 1.05 bits per heavy atom. The van der Waals surface area contributed by atoms with Crippen LogP contribution in [0.3, 0.4) is 0 Å². The van der Waals surface area contributed by atoms with Crippen molar-refractivity contribution >= 4 is 11.8 Å². The standard InChI is InChI=1S/C14H12N2O5/c1-8-10(4-5-19-8)14(18)16-15-13(17)9-2-3-11-12(6-9)21-7-20-11/h2-6H,7H2,1H3,(H,15,17)(H,16,18). The van der Waals surface area contributed by atoms with Crippen LogP contribution in [-0.2, 0) is 0 Å². The Bertz CT molecular complexity index is 707. The molecule has 21 heavy (non-hydrogen) atoms. The summed E-state index contributed by atoms with van der Waals surface area (Å²) in [7, 11) is 0. The van der Waals surface area contributed by atoms with E-state index >= 15 is 0 Å². The molecule has 0 unspecified atom stereocenters. The van der Waals surface area contributed by atoms with Crippen molar-refractivity contribution in [1.82, 2.24) is 10.9 Å². The molecule has 0 bridgehead atoms. The van der Waals surface area contributed by atoms with Crippen LogP contribution in [0.5, 0.6) is 11.5 Å². The number of aryl methyl sites for hydroxylation is 1. The molecule has 0 radical (unpaired) electrons. The molecule has 0 spiro atoms. The maximum absolute atomic E-state index is 12.0. The van der Waals surface area contributed by atoms with Gasteiger partial charge in [-0.2, -0.15) is 0 Å². The molecule has 7 heteroatoms. The summed E-state index contributed by atoms with van der Waals surface area (Å²) in [5, 5.41) is 0. The van der Waals surface area contributed by atoms with Crippen LogP contribution in [0.25, 0.3) is 0 Å². The molecular weight excluding hydrogens is 276 g/mol. The largest absolute Gasteiger partial charge is 0.469 e. The van der Waals surface area contributed by atoms with Crippen molar-refractivity contribution in [2.24, 2.45) is 0 Å². The van der Waals surface area contributed by atoms with Crippen LogP contribution >= 0.6 is 0 Å². The highest BCUT2D eigenvalue weighted by atomic mass is 16.7. The molecular formula is C14H12N2O5. The third-order valence-electron chi connectivity index (χ3n) is 3.03. The summed E-state index contributed by atoms with van der Waals surface area (Å²) in [6, 6.07) is 6.29. The van der Waals surface area contributed by atoms with E-state index < -0.39 is 11.8 Å². The number of hydrogen-bond acceptors (Lipinski definition) is 5. The third-order valence-corrected chi connectivity index (χ3v) is 3.03. The van der Waals surface area contributed by atoms with Crippen LogP contribution in [-0.4, -0.2) is 18.6 Å². The van der Waals surface area contributed by atoms with Crippen molar-refractivity contribution in [3.63, 3.8) is 0 Å². The number of hydrazine groups is 1. The summed E-state index contributed by atoms with van der Waals surface area (Å²) in [4.78, 5) is 23.8. The topological polar surface area (TPSA) is 89.8 Å². The van der Waals surface area contributed by atoms with E-state index in [4.69, 9.17) is 13.9 Å². The molecule has 0 fully saturated rings. The van der Waals surface area contributed by atoms with Gasteiger partial charge in [-0.1, -0.05) is 0 Å². The van der Waals surface area contributed by atoms with Gasteiger partial charge in [-0.3, -0.25) is 20.4 Å². The molecule has 2 N–H and O–H groups in total. The zero-order chi connectivity index (χ0) is 14.8. The number of fused-ring (bicyclic) bond motifs is 1. The monoisotopic (exact) mass is 288 g/mol. The Kier molecular flexibility index (Phi) is 3.23. The molecule has 1 aliphatic heterocycles. The van der Waals surface area contributed by atoms with Crippen molar-refractivity contribution in [1.29, 1.82) is 0 Å². The van der Waals surface area contributed by atoms with Gasteiger partial charge in [0.05, 0.1) is 11.8 Å². The Balaban J connectivity index is 1.64. The third kappa shape index (κ3) is 2.53. The second-order valence-electron chi connectivity index (χ2n) is 4.37. The Morgan fingerprint density at radius 3 is 2.57 bits per heavy atom. The van der Waals surface area contributed by atoms with Gasteiger partial charge in [-0.25, -0.2) is 0 Å². The average Bonchev–Trinajstić information content (AvgIpc) is 3.11. The molecule has 7 nitrogen and oxygen atoms in total. The fourth-order valence-electron chi connectivity index (χ4n) is 1.91. The molecule has 108 valence electrons. The van der Waals surface area contributed by atoms with Gasteiger partial charge in [0.2, 0.25) is 6.79 Å². The summed E-state index contributed by atoms with van der Waals surface area (Å²) >= 11 is 0. The summed E-state index contributed by atoms with van der Waals surface area (Å²) in [6.45, 7) is 1.80. The number of furan rings is 1. The molecule has 1 aromatic heterocycles. The zero-order valence-corrected chi connectivity index (χ0v) is 11.1. The molecule has 0 aliphatic carbocycles. The maximum Gasteiger partial charge on any atom is 0.273 e. The molecule has 1 aromatic carbocycles. The summed E-state index contributed by atoms with van der Waals surface area (Å²) in [5.74, 6) is 0.659. The number of rotatable bonds is 2. The van der Waals surface area contributed by atoms with E-state index in [1.807, 2.05) is 0 Å². The van der Waals surface area contributed by atoms with Crippen LogP contribution in [0, 0.1) is 6.92 Å². The minimum absolute atomic E-state index is 0.136. The minimum Gasteiger partial charge on any atom is -0.469 e. The fraction of sp³-hybridized carbons (Fsp3) is 0.143. The van der Waals surface area contributed by atoms with E-state index in [0.717, 1.165) is 0 Å². The van der Waals surface area contributed by atoms with Crippen molar-refractivity contribution in [2.75, 3.05) is 6.79 Å². The van der Waals surface area contributed by atoms with E-state index in [-0.39, 0.29) is 6.79 Å². The molecule has 0 saturated carbocycles. The van der Waals surface area contributed by atoms with Crippen molar-refractivity contribution in [2.45, 2.75) is 6.92 Å². The second kappa shape index (κ2) is 5.20. The average molecular weight is 288 g/mol. The molecule has 3 rings (SSSR count). The lowest BCUT2D eigenvalue weighted by Crippen LogP contribution is -2.41. The number of benzene rings is 1. The summed E-state index contributed by atoms with van der Waals surface area (Å²) in [5.41, 5.74) is 5.36. The first kappa shape index (κ1) is 13.0. The Labute approximate surface area is 119 Å². The van der Waals surface area contributed by atoms with Gasteiger partial charge < -0.3 is 13.9 Å². The first-order valence-electron chi connectivity index (χ1n) is 6.19. The van der Waals surface area contributed by atoms with Gasteiger partial charge in [0.25, 0.3) is 11.8 Å². The summed E-state index contributed by atoms with van der Waals surface area (Å²) in [6.07, 6.45) is 1.41. The highest BCUT2D eigenvalue weighted by Crippen LogP contribution is 2.32. The Hall–Kier alpha value is -2.96. The number of carbonyl (C=O) groups excluding carboxylic acids is 2. The van der Waals surface area contributed by atoms with E-state index in [1.165, 1.54) is 12.3 Å². The molecule has 1 aliphatic rings. The van der Waals surface area contributed by atoms with Crippen molar-refractivity contribution in [3.8, 4) is 11.5 Å². The second-order valence-corrected chi connectivity index (χ2v) is 4.37.